The molecule has 110 valence electrons. The zero-order chi connectivity index (χ0) is 15.1. The van der Waals surface area contributed by atoms with Crippen LogP contribution in [0.3, 0.4) is 0 Å². The van der Waals surface area contributed by atoms with E-state index >= 15 is 0 Å². The molecule has 22 heavy (non-hydrogen) atoms. The summed E-state index contributed by atoms with van der Waals surface area (Å²) in [7, 11) is 0. The third-order valence-electron chi connectivity index (χ3n) is 4.02. The number of aromatic hydroxyl groups is 1. The summed E-state index contributed by atoms with van der Waals surface area (Å²) in [6, 6.07) is 8.90. The van der Waals surface area contributed by atoms with Crippen LogP contribution in [-0.2, 0) is 13.0 Å². The molecule has 3 heterocycles. The number of H-pyrrole nitrogens is 1. The molecule has 0 amide bonds. The first-order chi connectivity index (χ1) is 10.7. The number of phenolic OH excluding ortho intramolecular Hbond substituents is 1. The molecule has 0 atom stereocenters. The van der Waals surface area contributed by atoms with Gasteiger partial charge in [0, 0.05) is 23.1 Å². The second kappa shape index (κ2) is 4.92. The first kappa shape index (κ1) is 13.0. The van der Waals surface area contributed by atoms with E-state index in [9.17, 15) is 9.90 Å². The van der Waals surface area contributed by atoms with Gasteiger partial charge in [-0.3, -0.25) is 4.79 Å². The number of rotatable bonds is 1. The van der Waals surface area contributed by atoms with Crippen molar-refractivity contribution in [3.8, 4) is 17.0 Å². The van der Waals surface area contributed by atoms with E-state index in [0.29, 0.717) is 23.4 Å². The Hall–Kier alpha value is -2.73. The highest BCUT2D eigenvalue weighted by Gasteiger charge is 2.18. The Balaban J connectivity index is 2.00. The number of nitrogens with zero attached hydrogens (tertiary/aromatic N) is 2. The second-order valence-corrected chi connectivity index (χ2v) is 5.35. The van der Waals surface area contributed by atoms with Crippen molar-refractivity contribution in [1.82, 2.24) is 20.5 Å². The molecule has 0 saturated carbocycles. The molecular formula is C16H14N4O2. The van der Waals surface area contributed by atoms with Crippen molar-refractivity contribution in [2.75, 3.05) is 6.54 Å². The van der Waals surface area contributed by atoms with Gasteiger partial charge in [0.2, 0.25) is 0 Å². The number of fused-ring (bicyclic) bond motifs is 3. The Morgan fingerprint density at radius 2 is 2.00 bits per heavy atom. The van der Waals surface area contributed by atoms with E-state index in [1.54, 1.807) is 18.2 Å². The van der Waals surface area contributed by atoms with E-state index in [2.05, 4.69) is 20.5 Å². The highest BCUT2D eigenvalue weighted by molar-refractivity contribution is 5.84. The molecule has 0 saturated heterocycles. The number of nitrogens with one attached hydrogen (secondary N) is 2. The molecule has 0 radical (unpaired) electrons. The van der Waals surface area contributed by atoms with Crippen LogP contribution in [0.25, 0.3) is 22.3 Å². The average Bonchev–Trinajstić information content (AvgIpc) is 2.56. The molecule has 1 aromatic carbocycles. The van der Waals surface area contributed by atoms with Crippen molar-refractivity contribution < 1.29 is 5.11 Å². The molecule has 0 unspecified atom stereocenters. The summed E-state index contributed by atoms with van der Waals surface area (Å²) in [5, 5.41) is 22.3. The molecule has 6 nitrogen and oxygen atoms in total. The van der Waals surface area contributed by atoms with Crippen LogP contribution in [0.5, 0.6) is 5.75 Å². The highest BCUT2D eigenvalue weighted by Crippen LogP contribution is 2.29. The predicted octanol–water partition coefficient (Wildman–Crippen LogP) is 1.34. The topological polar surface area (TPSA) is 90.9 Å². The molecule has 0 fully saturated rings. The Bertz CT molecular complexity index is 933. The number of aromatic nitrogens is 3. The van der Waals surface area contributed by atoms with Crippen LogP contribution in [0.4, 0.5) is 0 Å². The molecule has 1 aliphatic rings. The number of aromatic amines is 1. The third kappa shape index (κ3) is 1.96. The zero-order valence-electron chi connectivity index (χ0n) is 11.8. The van der Waals surface area contributed by atoms with E-state index in [0.717, 1.165) is 29.5 Å². The third-order valence-corrected chi connectivity index (χ3v) is 4.02. The molecule has 0 bridgehead atoms. The van der Waals surface area contributed by atoms with Gasteiger partial charge in [-0.1, -0.05) is 12.1 Å². The lowest BCUT2D eigenvalue weighted by Crippen LogP contribution is -2.30. The van der Waals surface area contributed by atoms with E-state index < -0.39 is 0 Å². The zero-order valence-corrected chi connectivity index (χ0v) is 11.8. The van der Waals surface area contributed by atoms with E-state index in [-0.39, 0.29) is 11.3 Å². The summed E-state index contributed by atoms with van der Waals surface area (Å²) in [5.74, 6) is 0.163. The van der Waals surface area contributed by atoms with Gasteiger partial charge < -0.3 is 15.4 Å². The fourth-order valence-corrected chi connectivity index (χ4v) is 2.92. The van der Waals surface area contributed by atoms with Crippen LogP contribution >= 0.6 is 0 Å². The van der Waals surface area contributed by atoms with Gasteiger partial charge in [-0.25, -0.2) is 0 Å². The maximum Gasteiger partial charge on any atom is 0.254 e. The van der Waals surface area contributed by atoms with Crippen LogP contribution < -0.4 is 10.9 Å². The fraction of sp³-hybridized carbons (Fsp3) is 0.188. The Morgan fingerprint density at radius 3 is 2.86 bits per heavy atom. The van der Waals surface area contributed by atoms with Gasteiger partial charge in [-0.15, -0.1) is 10.2 Å². The lowest BCUT2D eigenvalue weighted by molar-refractivity contribution is 0.477. The quantitative estimate of drug-likeness (QED) is 0.630. The summed E-state index contributed by atoms with van der Waals surface area (Å²) in [6.45, 7) is 1.40. The molecule has 0 spiro atoms. The van der Waals surface area contributed by atoms with Crippen molar-refractivity contribution in [3.05, 3.63) is 51.8 Å². The first-order valence-corrected chi connectivity index (χ1v) is 7.14. The summed E-state index contributed by atoms with van der Waals surface area (Å²) in [5.41, 5.74) is 3.38. The largest absolute Gasteiger partial charge is 0.507 e. The molecule has 2 aromatic heterocycles. The number of hydrogen-bond donors (Lipinski definition) is 3. The normalized spacial score (nSPS) is 14.0. The fourth-order valence-electron chi connectivity index (χ4n) is 2.92. The number of para-hydroxylation sites is 1. The summed E-state index contributed by atoms with van der Waals surface area (Å²) >= 11 is 0. The van der Waals surface area contributed by atoms with E-state index in [1.165, 1.54) is 0 Å². The van der Waals surface area contributed by atoms with Crippen molar-refractivity contribution in [1.29, 1.82) is 0 Å². The van der Waals surface area contributed by atoms with Crippen LogP contribution in [0.1, 0.15) is 11.1 Å². The Labute approximate surface area is 125 Å². The van der Waals surface area contributed by atoms with E-state index in [1.807, 2.05) is 12.1 Å². The van der Waals surface area contributed by atoms with Crippen LogP contribution in [0.15, 0.2) is 35.1 Å². The molecule has 3 aromatic rings. The standard InChI is InChI=1S/C16H14N4O2/c21-14-4-2-1-3-10(14)13-7-11-9-5-6-17-8-12(9)16(22)18-15(11)20-19-13/h1-4,7,17,21H,5-6,8H2,(H,18,20,22). The SMILES string of the molecule is O=c1[nH]c2nnc(-c3ccccc3O)cc2c2c1CNCC2. The maximum atomic E-state index is 12.1. The van der Waals surface area contributed by atoms with Crippen LogP contribution in [-0.4, -0.2) is 26.8 Å². The van der Waals surface area contributed by atoms with E-state index in [4.69, 9.17) is 0 Å². The number of hydrogen-bond acceptors (Lipinski definition) is 5. The molecule has 6 heteroatoms. The van der Waals surface area contributed by atoms with Crippen LogP contribution in [0, 0.1) is 0 Å². The summed E-state index contributed by atoms with van der Waals surface area (Å²) in [6.07, 6.45) is 0.779. The lowest BCUT2D eigenvalue weighted by Gasteiger charge is -2.17. The van der Waals surface area contributed by atoms with Gasteiger partial charge in [-0.05, 0) is 36.7 Å². The molecule has 3 N–H and O–H groups in total. The number of benzene rings is 1. The first-order valence-electron chi connectivity index (χ1n) is 7.14. The predicted molar refractivity (Wildman–Crippen MR) is 82.7 cm³/mol. The minimum Gasteiger partial charge on any atom is -0.507 e. The summed E-state index contributed by atoms with van der Waals surface area (Å²) in [4.78, 5) is 14.9. The molecular weight excluding hydrogens is 280 g/mol. The van der Waals surface area contributed by atoms with Gasteiger partial charge in [0.25, 0.3) is 5.56 Å². The Kier molecular flexibility index (Phi) is 2.90. The minimum absolute atomic E-state index is 0.112. The van der Waals surface area contributed by atoms with Gasteiger partial charge in [-0.2, -0.15) is 0 Å². The highest BCUT2D eigenvalue weighted by atomic mass is 16.3. The van der Waals surface area contributed by atoms with Crippen LogP contribution in [0.2, 0.25) is 0 Å². The van der Waals surface area contributed by atoms with Gasteiger partial charge >= 0.3 is 0 Å². The molecule has 1 aliphatic heterocycles. The smallest absolute Gasteiger partial charge is 0.254 e. The molecule has 0 aliphatic carbocycles. The van der Waals surface area contributed by atoms with Crippen molar-refractivity contribution in [3.63, 3.8) is 0 Å². The average molecular weight is 294 g/mol. The number of phenols is 1. The Morgan fingerprint density at radius 1 is 1.14 bits per heavy atom. The monoisotopic (exact) mass is 294 g/mol. The maximum absolute atomic E-state index is 12.1. The van der Waals surface area contributed by atoms with Gasteiger partial charge in [0.05, 0.1) is 5.69 Å². The minimum atomic E-state index is -0.112. The van der Waals surface area contributed by atoms with Gasteiger partial charge in [0.1, 0.15) is 5.75 Å². The number of pyridine rings is 1. The van der Waals surface area contributed by atoms with Crippen molar-refractivity contribution in [2.45, 2.75) is 13.0 Å². The second-order valence-electron chi connectivity index (χ2n) is 5.35. The molecule has 4 rings (SSSR count). The summed E-state index contributed by atoms with van der Waals surface area (Å²) < 4.78 is 0. The van der Waals surface area contributed by atoms with Gasteiger partial charge in [0.15, 0.2) is 5.65 Å². The van der Waals surface area contributed by atoms with Crippen molar-refractivity contribution >= 4 is 11.0 Å². The lowest BCUT2D eigenvalue weighted by atomic mass is 9.98. The van der Waals surface area contributed by atoms with Crippen molar-refractivity contribution in [2.24, 2.45) is 0 Å².